The summed E-state index contributed by atoms with van der Waals surface area (Å²) in [6, 6.07) is 10.3. The van der Waals surface area contributed by atoms with Gasteiger partial charge in [-0.15, -0.1) is 0 Å². The van der Waals surface area contributed by atoms with Gasteiger partial charge in [0.2, 0.25) is 5.91 Å². The molecular formula is C15H24N2OS. The van der Waals surface area contributed by atoms with Crippen molar-refractivity contribution in [3.63, 3.8) is 0 Å². The Kier molecular flexibility index (Phi) is 8.34. The van der Waals surface area contributed by atoms with Gasteiger partial charge in [-0.3, -0.25) is 4.79 Å². The molecule has 2 N–H and O–H groups in total. The van der Waals surface area contributed by atoms with E-state index < -0.39 is 0 Å². The summed E-state index contributed by atoms with van der Waals surface area (Å²) in [5.74, 6) is 1.12. The van der Waals surface area contributed by atoms with Crippen LogP contribution in [0.5, 0.6) is 0 Å². The second-order valence-corrected chi connectivity index (χ2v) is 5.49. The molecular weight excluding hydrogens is 256 g/mol. The summed E-state index contributed by atoms with van der Waals surface area (Å²) >= 11 is 1.77. The highest BCUT2D eigenvalue weighted by atomic mass is 32.2. The van der Waals surface area contributed by atoms with E-state index in [9.17, 15) is 4.79 Å². The van der Waals surface area contributed by atoms with Crippen LogP contribution < -0.4 is 10.6 Å². The quantitative estimate of drug-likeness (QED) is 0.681. The van der Waals surface area contributed by atoms with E-state index in [1.807, 2.05) is 25.2 Å². The number of likely N-dealkylation sites (N-methyl/N-ethyl adjacent to an activating group) is 1. The Morgan fingerprint density at radius 2 is 2.05 bits per heavy atom. The number of thioether (sulfide) groups is 1. The normalized spacial score (nSPS) is 12.1. The highest BCUT2D eigenvalue weighted by Gasteiger charge is 2.14. The van der Waals surface area contributed by atoms with Gasteiger partial charge >= 0.3 is 0 Å². The van der Waals surface area contributed by atoms with Gasteiger partial charge in [-0.1, -0.05) is 30.3 Å². The molecule has 0 aliphatic rings. The molecule has 0 bridgehead atoms. The molecule has 0 aliphatic carbocycles. The standard InChI is InChI=1S/C15H24N2OS/c1-16-14(10-12-19-2)15(18)17-11-6-9-13-7-4-3-5-8-13/h3-5,7-8,14,16H,6,9-12H2,1-2H3,(H,17,18)/t14-/m1/s1. The first-order valence-corrected chi connectivity index (χ1v) is 8.15. The van der Waals surface area contributed by atoms with Crippen molar-refractivity contribution in [2.45, 2.75) is 25.3 Å². The van der Waals surface area contributed by atoms with E-state index in [4.69, 9.17) is 0 Å². The number of aryl methyl sites for hydroxylation is 1. The molecule has 0 aromatic heterocycles. The Hall–Kier alpha value is -1.00. The molecule has 1 amide bonds. The molecule has 0 fully saturated rings. The van der Waals surface area contributed by atoms with Crippen LogP contribution in [0, 0.1) is 0 Å². The van der Waals surface area contributed by atoms with Crippen LogP contribution in [0.25, 0.3) is 0 Å². The Bertz CT molecular complexity index is 356. The van der Waals surface area contributed by atoms with Gasteiger partial charge in [0, 0.05) is 6.54 Å². The van der Waals surface area contributed by atoms with Crippen molar-refractivity contribution >= 4 is 17.7 Å². The number of carbonyl (C=O) groups is 1. The molecule has 0 saturated heterocycles. The van der Waals surface area contributed by atoms with Crippen LogP contribution in [0.2, 0.25) is 0 Å². The minimum atomic E-state index is -0.0656. The lowest BCUT2D eigenvalue weighted by molar-refractivity contribution is -0.123. The van der Waals surface area contributed by atoms with Gasteiger partial charge in [0.15, 0.2) is 0 Å². The summed E-state index contributed by atoms with van der Waals surface area (Å²) in [6.07, 6.45) is 4.93. The fourth-order valence-corrected chi connectivity index (χ4v) is 2.39. The topological polar surface area (TPSA) is 41.1 Å². The van der Waals surface area contributed by atoms with Crippen LogP contribution in [-0.2, 0) is 11.2 Å². The Morgan fingerprint density at radius 1 is 1.32 bits per heavy atom. The maximum atomic E-state index is 11.9. The first-order valence-electron chi connectivity index (χ1n) is 6.75. The molecule has 0 radical (unpaired) electrons. The largest absolute Gasteiger partial charge is 0.355 e. The molecule has 1 atom stereocenters. The van der Waals surface area contributed by atoms with Crippen molar-refractivity contribution in [3.8, 4) is 0 Å². The van der Waals surface area contributed by atoms with Crippen LogP contribution in [0.4, 0.5) is 0 Å². The number of carbonyl (C=O) groups excluding carboxylic acids is 1. The number of hydrogen-bond donors (Lipinski definition) is 2. The predicted molar refractivity (Wildman–Crippen MR) is 83.6 cm³/mol. The van der Waals surface area contributed by atoms with Crippen molar-refractivity contribution in [1.82, 2.24) is 10.6 Å². The monoisotopic (exact) mass is 280 g/mol. The molecule has 1 aromatic carbocycles. The molecule has 0 heterocycles. The van der Waals surface area contributed by atoms with Crippen LogP contribution in [0.15, 0.2) is 30.3 Å². The summed E-state index contributed by atoms with van der Waals surface area (Å²) < 4.78 is 0. The van der Waals surface area contributed by atoms with E-state index >= 15 is 0 Å². The summed E-state index contributed by atoms with van der Waals surface area (Å²) in [4.78, 5) is 11.9. The number of amides is 1. The first-order chi connectivity index (χ1) is 9.27. The minimum absolute atomic E-state index is 0.0656. The van der Waals surface area contributed by atoms with Gasteiger partial charge in [-0.05, 0) is 43.9 Å². The van der Waals surface area contributed by atoms with Crippen molar-refractivity contribution in [2.75, 3.05) is 25.6 Å². The third-order valence-corrected chi connectivity index (χ3v) is 3.70. The van der Waals surface area contributed by atoms with Crippen LogP contribution in [-0.4, -0.2) is 37.6 Å². The fourth-order valence-electron chi connectivity index (χ4n) is 1.91. The molecule has 19 heavy (non-hydrogen) atoms. The van der Waals surface area contributed by atoms with Crippen molar-refractivity contribution in [1.29, 1.82) is 0 Å². The average molecular weight is 280 g/mol. The van der Waals surface area contributed by atoms with E-state index in [0.717, 1.165) is 31.6 Å². The van der Waals surface area contributed by atoms with E-state index in [2.05, 4.69) is 29.0 Å². The van der Waals surface area contributed by atoms with Gasteiger partial charge in [0.05, 0.1) is 6.04 Å². The maximum Gasteiger partial charge on any atom is 0.237 e. The van der Waals surface area contributed by atoms with Gasteiger partial charge in [-0.25, -0.2) is 0 Å². The lowest BCUT2D eigenvalue weighted by Gasteiger charge is -2.15. The van der Waals surface area contributed by atoms with Crippen LogP contribution in [0.1, 0.15) is 18.4 Å². The summed E-state index contributed by atoms with van der Waals surface area (Å²) in [5.41, 5.74) is 1.32. The molecule has 0 aliphatic heterocycles. The zero-order chi connectivity index (χ0) is 13.9. The SMILES string of the molecule is CN[C@H](CCSC)C(=O)NCCCc1ccccc1. The van der Waals surface area contributed by atoms with Crippen molar-refractivity contribution < 1.29 is 4.79 Å². The van der Waals surface area contributed by atoms with Crippen molar-refractivity contribution in [3.05, 3.63) is 35.9 Å². The van der Waals surface area contributed by atoms with E-state index in [-0.39, 0.29) is 11.9 Å². The molecule has 3 nitrogen and oxygen atoms in total. The lowest BCUT2D eigenvalue weighted by atomic mass is 10.1. The van der Waals surface area contributed by atoms with E-state index in [1.165, 1.54) is 5.56 Å². The highest BCUT2D eigenvalue weighted by molar-refractivity contribution is 7.98. The molecule has 0 saturated carbocycles. The number of rotatable bonds is 9. The average Bonchev–Trinajstić information content (AvgIpc) is 2.45. The Morgan fingerprint density at radius 3 is 2.68 bits per heavy atom. The number of benzene rings is 1. The number of hydrogen-bond acceptors (Lipinski definition) is 3. The summed E-state index contributed by atoms with van der Waals surface area (Å²) in [6.45, 7) is 0.741. The number of nitrogens with one attached hydrogen (secondary N) is 2. The van der Waals surface area contributed by atoms with E-state index in [0.29, 0.717) is 0 Å². The third kappa shape index (κ3) is 6.64. The second-order valence-electron chi connectivity index (χ2n) is 4.50. The molecule has 1 aromatic rings. The predicted octanol–water partition coefficient (Wildman–Crippen LogP) is 2.08. The van der Waals surface area contributed by atoms with Crippen LogP contribution in [0.3, 0.4) is 0 Å². The molecule has 4 heteroatoms. The van der Waals surface area contributed by atoms with Gasteiger partial charge < -0.3 is 10.6 Å². The molecule has 0 unspecified atom stereocenters. The Labute approximate surface area is 120 Å². The molecule has 106 valence electrons. The summed E-state index contributed by atoms with van der Waals surface area (Å²) in [7, 11) is 1.84. The van der Waals surface area contributed by atoms with Gasteiger partial charge in [0.25, 0.3) is 0 Å². The second kappa shape index (κ2) is 9.87. The Balaban J connectivity index is 2.19. The zero-order valence-electron chi connectivity index (χ0n) is 11.8. The lowest BCUT2D eigenvalue weighted by Crippen LogP contribution is -2.43. The van der Waals surface area contributed by atoms with Crippen LogP contribution >= 0.6 is 11.8 Å². The highest BCUT2D eigenvalue weighted by Crippen LogP contribution is 2.02. The smallest absolute Gasteiger partial charge is 0.237 e. The maximum absolute atomic E-state index is 11.9. The first kappa shape index (κ1) is 16.1. The van der Waals surface area contributed by atoms with E-state index in [1.54, 1.807) is 11.8 Å². The van der Waals surface area contributed by atoms with Crippen molar-refractivity contribution in [2.24, 2.45) is 0 Å². The minimum Gasteiger partial charge on any atom is -0.355 e. The molecule has 1 rings (SSSR count). The van der Waals surface area contributed by atoms with Gasteiger partial charge in [-0.2, -0.15) is 11.8 Å². The van der Waals surface area contributed by atoms with Gasteiger partial charge in [0.1, 0.15) is 0 Å². The zero-order valence-corrected chi connectivity index (χ0v) is 12.6. The molecule has 0 spiro atoms. The fraction of sp³-hybridized carbons (Fsp3) is 0.533. The summed E-state index contributed by atoms with van der Waals surface area (Å²) in [5, 5.41) is 6.07. The third-order valence-electron chi connectivity index (χ3n) is 3.06.